The van der Waals surface area contributed by atoms with Gasteiger partial charge in [0.1, 0.15) is 0 Å². The van der Waals surface area contributed by atoms with Gasteiger partial charge in [-0.05, 0) is 50.9 Å². The molecule has 0 aromatic carbocycles. The van der Waals surface area contributed by atoms with E-state index in [2.05, 4.69) is 18.7 Å². The zero-order valence-electron chi connectivity index (χ0n) is 11.3. The highest BCUT2D eigenvalue weighted by molar-refractivity contribution is 5.71. The molecule has 3 atom stereocenters. The van der Waals surface area contributed by atoms with Crippen LogP contribution < -0.4 is 0 Å². The standard InChI is InChI=1S/C14H25NO2/c1-10(2)15(9-14(16)17-3)8-13-7-11-4-5-12(13)6-11/h10-13H,4-9H2,1-3H3. The van der Waals surface area contributed by atoms with Crippen LogP contribution in [0.3, 0.4) is 0 Å². The van der Waals surface area contributed by atoms with Gasteiger partial charge in [-0.3, -0.25) is 9.69 Å². The van der Waals surface area contributed by atoms with Crippen LogP contribution in [0.2, 0.25) is 0 Å². The Morgan fingerprint density at radius 1 is 1.35 bits per heavy atom. The van der Waals surface area contributed by atoms with Crippen molar-refractivity contribution in [2.75, 3.05) is 20.2 Å². The number of fused-ring (bicyclic) bond motifs is 2. The van der Waals surface area contributed by atoms with E-state index in [1.165, 1.54) is 32.8 Å². The summed E-state index contributed by atoms with van der Waals surface area (Å²) in [6.45, 7) is 5.85. The van der Waals surface area contributed by atoms with E-state index in [0.717, 1.165) is 24.3 Å². The Bertz CT molecular complexity index is 277. The van der Waals surface area contributed by atoms with Crippen molar-refractivity contribution in [2.45, 2.75) is 45.6 Å². The van der Waals surface area contributed by atoms with Gasteiger partial charge in [0.2, 0.25) is 0 Å². The molecule has 2 bridgehead atoms. The first-order valence-corrected chi connectivity index (χ1v) is 6.91. The number of hydrogen-bond donors (Lipinski definition) is 0. The molecule has 2 rings (SSSR count). The lowest BCUT2D eigenvalue weighted by atomic mass is 9.88. The SMILES string of the molecule is COC(=O)CN(CC1CC2CCC1C2)C(C)C. The highest BCUT2D eigenvalue weighted by Crippen LogP contribution is 2.48. The summed E-state index contributed by atoms with van der Waals surface area (Å²) in [5.74, 6) is 2.62. The molecule has 98 valence electrons. The minimum absolute atomic E-state index is 0.109. The maximum Gasteiger partial charge on any atom is 0.319 e. The summed E-state index contributed by atoms with van der Waals surface area (Å²) in [5.41, 5.74) is 0. The van der Waals surface area contributed by atoms with Crippen LogP contribution in [0.15, 0.2) is 0 Å². The average molecular weight is 239 g/mol. The Kier molecular flexibility index (Phi) is 4.08. The number of hydrogen-bond acceptors (Lipinski definition) is 3. The Labute approximate surface area is 105 Å². The van der Waals surface area contributed by atoms with Crippen LogP contribution in [-0.2, 0) is 9.53 Å². The normalized spacial score (nSPS) is 31.5. The van der Waals surface area contributed by atoms with Gasteiger partial charge in [-0.25, -0.2) is 0 Å². The lowest BCUT2D eigenvalue weighted by molar-refractivity contribution is -0.142. The molecular weight excluding hydrogens is 214 g/mol. The van der Waals surface area contributed by atoms with Crippen LogP contribution in [-0.4, -0.2) is 37.1 Å². The molecule has 0 aromatic heterocycles. The minimum atomic E-state index is -0.109. The summed E-state index contributed by atoms with van der Waals surface area (Å²) in [6.07, 6.45) is 5.68. The Hall–Kier alpha value is -0.570. The molecule has 2 aliphatic rings. The number of nitrogens with zero attached hydrogens (tertiary/aromatic N) is 1. The van der Waals surface area contributed by atoms with Crippen molar-refractivity contribution in [2.24, 2.45) is 17.8 Å². The van der Waals surface area contributed by atoms with Gasteiger partial charge in [0.15, 0.2) is 0 Å². The van der Waals surface area contributed by atoms with E-state index in [1.807, 2.05) is 0 Å². The van der Waals surface area contributed by atoms with Gasteiger partial charge in [-0.2, -0.15) is 0 Å². The van der Waals surface area contributed by atoms with Crippen molar-refractivity contribution < 1.29 is 9.53 Å². The molecule has 0 aliphatic heterocycles. The smallest absolute Gasteiger partial charge is 0.319 e. The predicted molar refractivity (Wildman–Crippen MR) is 67.7 cm³/mol. The zero-order valence-corrected chi connectivity index (χ0v) is 11.3. The molecule has 0 amide bonds. The molecule has 0 heterocycles. The first-order valence-electron chi connectivity index (χ1n) is 6.91. The van der Waals surface area contributed by atoms with Crippen LogP contribution >= 0.6 is 0 Å². The molecule has 3 heteroatoms. The predicted octanol–water partition coefficient (Wildman–Crippen LogP) is 2.31. The van der Waals surface area contributed by atoms with E-state index < -0.39 is 0 Å². The van der Waals surface area contributed by atoms with Crippen molar-refractivity contribution in [3.63, 3.8) is 0 Å². The molecule has 0 spiro atoms. The third-order valence-electron chi connectivity index (χ3n) is 4.64. The fourth-order valence-corrected chi connectivity index (χ4v) is 3.59. The van der Waals surface area contributed by atoms with E-state index in [4.69, 9.17) is 4.74 Å². The summed E-state index contributed by atoms with van der Waals surface area (Å²) in [5, 5.41) is 0. The molecule has 0 saturated heterocycles. The van der Waals surface area contributed by atoms with Crippen molar-refractivity contribution in [1.29, 1.82) is 0 Å². The number of carbonyl (C=O) groups excluding carboxylic acids is 1. The van der Waals surface area contributed by atoms with E-state index in [9.17, 15) is 4.79 Å². The number of rotatable bonds is 5. The summed E-state index contributed by atoms with van der Waals surface area (Å²) in [7, 11) is 1.47. The van der Waals surface area contributed by atoms with Crippen LogP contribution in [0.1, 0.15) is 39.5 Å². The third-order valence-corrected chi connectivity index (χ3v) is 4.64. The third kappa shape index (κ3) is 3.01. The van der Waals surface area contributed by atoms with Gasteiger partial charge < -0.3 is 4.74 Å². The molecule has 0 radical (unpaired) electrons. The lowest BCUT2D eigenvalue weighted by Crippen LogP contribution is -2.40. The molecular formula is C14H25NO2. The number of methoxy groups -OCH3 is 1. The van der Waals surface area contributed by atoms with Gasteiger partial charge in [-0.15, -0.1) is 0 Å². The van der Waals surface area contributed by atoms with Crippen LogP contribution in [0, 0.1) is 17.8 Å². The maximum atomic E-state index is 11.4. The van der Waals surface area contributed by atoms with Gasteiger partial charge in [-0.1, -0.05) is 6.42 Å². The highest BCUT2D eigenvalue weighted by Gasteiger charge is 2.40. The molecule has 2 saturated carbocycles. The second-order valence-electron chi connectivity index (χ2n) is 6.03. The molecule has 2 aliphatic carbocycles. The van der Waals surface area contributed by atoms with Crippen molar-refractivity contribution in [1.82, 2.24) is 4.90 Å². The quantitative estimate of drug-likeness (QED) is 0.689. The van der Waals surface area contributed by atoms with E-state index in [1.54, 1.807) is 0 Å². The van der Waals surface area contributed by atoms with Crippen LogP contribution in [0.4, 0.5) is 0 Å². The maximum absolute atomic E-state index is 11.4. The van der Waals surface area contributed by atoms with Crippen LogP contribution in [0.5, 0.6) is 0 Å². The summed E-state index contributed by atoms with van der Waals surface area (Å²) >= 11 is 0. The van der Waals surface area contributed by atoms with Gasteiger partial charge in [0, 0.05) is 12.6 Å². The van der Waals surface area contributed by atoms with Crippen molar-refractivity contribution >= 4 is 5.97 Å². The molecule has 17 heavy (non-hydrogen) atoms. The Balaban J connectivity index is 1.87. The zero-order chi connectivity index (χ0) is 12.4. The minimum Gasteiger partial charge on any atom is -0.468 e. The molecule has 3 unspecified atom stereocenters. The summed E-state index contributed by atoms with van der Waals surface area (Å²) < 4.78 is 4.78. The lowest BCUT2D eigenvalue weighted by Gasteiger charge is -2.31. The fraction of sp³-hybridized carbons (Fsp3) is 0.929. The molecule has 3 nitrogen and oxygen atoms in total. The van der Waals surface area contributed by atoms with Crippen molar-refractivity contribution in [3.8, 4) is 0 Å². The number of esters is 1. The van der Waals surface area contributed by atoms with E-state index in [0.29, 0.717) is 12.6 Å². The van der Waals surface area contributed by atoms with E-state index >= 15 is 0 Å². The average Bonchev–Trinajstić information content (AvgIpc) is 2.89. The second-order valence-corrected chi connectivity index (χ2v) is 6.03. The van der Waals surface area contributed by atoms with Crippen molar-refractivity contribution in [3.05, 3.63) is 0 Å². The first-order chi connectivity index (χ1) is 8.10. The number of carbonyl (C=O) groups is 1. The monoisotopic (exact) mass is 239 g/mol. The summed E-state index contributed by atoms with van der Waals surface area (Å²) in [4.78, 5) is 13.7. The molecule has 0 aromatic rings. The van der Waals surface area contributed by atoms with Gasteiger partial charge in [0.25, 0.3) is 0 Å². The van der Waals surface area contributed by atoms with Gasteiger partial charge >= 0.3 is 5.97 Å². The molecule has 2 fully saturated rings. The highest BCUT2D eigenvalue weighted by atomic mass is 16.5. The molecule has 0 N–H and O–H groups in total. The number of ether oxygens (including phenoxy) is 1. The fourth-order valence-electron chi connectivity index (χ4n) is 3.59. The summed E-state index contributed by atoms with van der Waals surface area (Å²) in [6, 6.07) is 0.424. The Morgan fingerprint density at radius 2 is 2.12 bits per heavy atom. The topological polar surface area (TPSA) is 29.5 Å². The van der Waals surface area contributed by atoms with E-state index in [-0.39, 0.29) is 5.97 Å². The second kappa shape index (κ2) is 5.38. The Morgan fingerprint density at radius 3 is 2.59 bits per heavy atom. The van der Waals surface area contributed by atoms with Gasteiger partial charge in [0.05, 0.1) is 13.7 Å². The van der Waals surface area contributed by atoms with Crippen LogP contribution in [0.25, 0.3) is 0 Å². The largest absolute Gasteiger partial charge is 0.468 e. The first kappa shape index (κ1) is 12.9.